The summed E-state index contributed by atoms with van der Waals surface area (Å²) in [7, 11) is 0. The van der Waals surface area contributed by atoms with Crippen molar-refractivity contribution in [2.75, 3.05) is 6.61 Å². The molecule has 92 valence electrons. The molecule has 1 heterocycles. The average Bonchev–Trinajstić information content (AvgIpc) is 2.40. The summed E-state index contributed by atoms with van der Waals surface area (Å²) in [4.78, 5) is 19.6. The zero-order valence-corrected chi connectivity index (χ0v) is 9.83. The van der Waals surface area contributed by atoms with Gasteiger partial charge in [-0.05, 0) is 31.2 Å². The first-order chi connectivity index (χ1) is 8.70. The normalized spacial score (nSPS) is 10.1. The molecule has 0 aliphatic rings. The molecule has 0 unspecified atom stereocenters. The van der Waals surface area contributed by atoms with E-state index < -0.39 is 5.97 Å². The van der Waals surface area contributed by atoms with Crippen LogP contribution < -0.4 is 0 Å². The summed E-state index contributed by atoms with van der Waals surface area (Å²) in [5, 5.41) is 9.18. The number of aromatic nitrogens is 2. The summed E-state index contributed by atoms with van der Waals surface area (Å²) in [5.41, 5.74) is 1.09. The van der Waals surface area contributed by atoms with Gasteiger partial charge in [0, 0.05) is 18.0 Å². The van der Waals surface area contributed by atoms with Crippen molar-refractivity contribution in [3.63, 3.8) is 0 Å². The van der Waals surface area contributed by atoms with Crippen LogP contribution in [0.2, 0.25) is 0 Å². The lowest BCUT2D eigenvalue weighted by molar-refractivity contribution is 0.0525. The lowest BCUT2D eigenvalue weighted by atomic mass is 10.2. The highest BCUT2D eigenvalue weighted by Gasteiger charge is 2.08. The Morgan fingerprint density at radius 1 is 1.22 bits per heavy atom. The Hall–Kier alpha value is -2.43. The van der Waals surface area contributed by atoms with E-state index in [4.69, 9.17) is 4.74 Å². The molecule has 0 aliphatic carbocycles. The summed E-state index contributed by atoms with van der Waals surface area (Å²) in [6, 6.07) is 6.51. The summed E-state index contributed by atoms with van der Waals surface area (Å²) >= 11 is 0. The summed E-state index contributed by atoms with van der Waals surface area (Å²) in [6.07, 6.45) is 2.85. The fourth-order valence-electron chi connectivity index (χ4n) is 1.41. The van der Waals surface area contributed by atoms with Gasteiger partial charge in [0.15, 0.2) is 5.82 Å². The summed E-state index contributed by atoms with van der Waals surface area (Å²) in [5.74, 6) is 0.236. The van der Waals surface area contributed by atoms with E-state index in [0.717, 1.165) is 5.56 Å². The number of hydrogen-bond donors (Lipinski definition) is 1. The Labute approximate surface area is 104 Å². The largest absolute Gasteiger partial charge is 0.508 e. The van der Waals surface area contributed by atoms with Gasteiger partial charge >= 0.3 is 5.97 Å². The minimum Gasteiger partial charge on any atom is -0.508 e. The minimum absolute atomic E-state index is 0.182. The predicted molar refractivity (Wildman–Crippen MR) is 65.1 cm³/mol. The van der Waals surface area contributed by atoms with Crippen molar-refractivity contribution in [3.8, 4) is 17.1 Å². The van der Waals surface area contributed by atoms with E-state index in [2.05, 4.69) is 9.97 Å². The van der Waals surface area contributed by atoms with Crippen LogP contribution in [-0.4, -0.2) is 27.7 Å². The highest BCUT2D eigenvalue weighted by Crippen LogP contribution is 2.18. The van der Waals surface area contributed by atoms with Crippen molar-refractivity contribution in [2.24, 2.45) is 0 Å². The first-order valence-corrected chi connectivity index (χ1v) is 5.49. The third-order valence-electron chi connectivity index (χ3n) is 2.29. The van der Waals surface area contributed by atoms with E-state index in [9.17, 15) is 9.90 Å². The topological polar surface area (TPSA) is 72.3 Å². The number of carbonyl (C=O) groups excluding carboxylic acids is 1. The van der Waals surface area contributed by atoms with Crippen LogP contribution in [0.3, 0.4) is 0 Å². The van der Waals surface area contributed by atoms with Gasteiger partial charge in [0.05, 0.1) is 12.2 Å². The van der Waals surface area contributed by atoms with Gasteiger partial charge in [-0.2, -0.15) is 0 Å². The molecule has 0 amide bonds. The van der Waals surface area contributed by atoms with Crippen LogP contribution in [0, 0.1) is 0 Å². The number of ether oxygens (including phenoxy) is 1. The molecule has 0 aliphatic heterocycles. The van der Waals surface area contributed by atoms with E-state index in [-0.39, 0.29) is 5.75 Å². The Morgan fingerprint density at radius 2 is 1.83 bits per heavy atom. The van der Waals surface area contributed by atoms with Crippen molar-refractivity contribution in [1.29, 1.82) is 0 Å². The number of benzene rings is 1. The van der Waals surface area contributed by atoms with Gasteiger partial charge in [-0.15, -0.1) is 0 Å². The molecular weight excluding hydrogens is 232 g/mol. The third kappa shape index (κ3) is 2.63. The van der Waals surface area contributed by atoms with E-state index in [0.29, 0.717) is 18.0 Å². The predicted octanol–water partition coefficient (Wildman–Crippen LogP) is 2.03. The first-order valence-electron chi connectivity index (χ1n) is 5.49. The van der Waals surface area contributed by atoms with Crippen LogP contribution in [0.1, 0.15) is 17.3 Å². The summed E-state index contributed by atoms with van der Waals surface area (Å²) < 4.78 is 4.84. The molecule has 1 aromatic heterocycles. The van der Waals surface area contributed by atoms with Gasteiger partial charge in [0.1, 0.15) is 5.75 Å². The zero-order valence-electron chi connectivity index (χ0n) is 9.83. The number of carbonyl (C=O) groups is 1. The molecule has 0 saturated heterocycles. The number of rotatable bonds is 3. The fraction of sp³-hybridized carbons (Fsp3) is 0.154. The Balaban J connectivity index is 2.22. The van der Waals surface area contributed by atoms with Crippen LogP contribution in [-0.2, 0) is 4.74 Å². The van der Waals surface area contributed by atoms with E-state index in [1.807, 2.05) is 0 Å². The maximum absolute atomic E-state index is 11.4. The van der Waals surface area contributed by atoms with Gasteiger partial charge in [-0.1, -0.05) is 0 Å². The Bertz CT molecular complexity index is 535. The van der Waals surface area contributed by atoms with Gasteiger partial charge in [-0.25, -0.2) is 14.8 Å². The molecule has 0 saturated carbocycles. The maximum atomic E-state index is 11.4. The van der Waals surface area contributed by atoms with Gasteiger partial charge in [0.2, 0.25) is 0 Å². The second-order valence-electron chi connectivity index (χ2n) is 3.56. The standard InChI is InChI=1S/C13H12N2O3/c1-2-18-13(17)10-7-14-12(15-8-10)9-3-5-11(16)6-4-9/h3-8,16H,2H2,1H3. The fourth-order valence-corrected chi connectivity index (χ4v) is 1.41. The van der Waals surface area contributed by atoms with E-state index in [1.165, 1.54) is 12.4 Å². The second-order valence-corrected chi connectivity index (χ2v) is 3.56. The van der Waals surface area contributed by atoms with Crippen molar-refractivity contribution in [3.05, 3.63) is 42.2 Å². The van der Waals surface area contributed by atoms with Gasteiger partial charge in [-0.3, -0.25) is 0 Å². The molecule has 0 spiro atoms. The Kier molecular flexibility index (Phi) is 3.52. The van der Waals surface area contributed by atoms with E-state index >= 15 is 0 Å². The number of aromatic hydroxyl groups is 1. The third-order valence-corrected chi connectivity index (χ3v) is 2.29. The number of phenolic OH excluding ortho intramolecular Hbond substituents is 1. The molecule has 2 rings (SSSR count). The van der Waals surface area contributed by atoms with Crippen LogP contribution in [0.4, 0.5) is 0 Å². The number of esters is 1. The van der Waals surface area contributed by atoms with Crippen molar-refractivity contribution in [1.82, 2.24) is 9.97 Å². The number of nitrogens with zero attached hydrogens (tertiary/aromatic N) is 2. The minimum atomic E-state index is -0.435. The molecule has 0 bridgehead atoms. The van der Waals surface area contributed by atoms with Crippen LogP contribution in [0.5, 0.6) is 5.75 Å². The maximum Gasteiger partial charge on any atom is 0.341 e. The average molecular weight is 244 g/mol. The first kappa shape index (κ1) is 12.0. The van der Waals surface area contributed by atoms with Crippen LogP contribution in [0.25, 0.3) is 11.4 Å². The molecule has 2 aromatic rings. The van der Waals surface area contributed by atoms with Gasteiger partial charge < -0.3 is 9.84 Å². The SMILES string of the molecule is CCOC(=O)c1cnc(-c2ccc(O)cc2)nc1. The number of hydrogen-bond acceptors (Lipinski definition) is 5. The zero-order chi connectivity index (χ0) is 13.0. The lowest BCUT2D eigenvalue weighted by Crippen LogP contribution is -2.06. The Morgan fingerprint density at radius 3 is 2.39 bits per heavy atom. The molecule has 1 aromatic carbocycles. The molecule has 0 radical (unpaired) electrons. The molecule has 5 heteroatoms. The molecule has 1 N–H and O–H groups in total. The molecule has 0 fully saturated rings. The van der Waals surface area contributed by atoms with Crippen LogP contribution in [0.15, 0.2) is 36.7 Å². The summed E-state index contributed by atoms with van der Waals surface area (Å²) in [6.45, 7) is 2.06. The van der Waals surface area contributed by atoms with E-state index in [1.54, 1.807) is 31.2 Å². The molecule has 18 heavy (non-hydrogen) atoms. The number of phenols is 1. The highest BCUT2D eigenvalue weighted by molar-refractivity contribution is 5.88. The highest BCUT2D eigenvalue weighted by atomic mass is 16.5. The van der Waals surface area contributed by atoms with Crippen molar-refractivity contribution in [2.45, 2.75) is 6.92 Å². The van der Waals surface area contributed by atoms with Crippen molar-refractivity contribution < 1.29 is 14.6 Å². The van der Waals surface area contributed by atoms with Crippen LogP contribution >= 0.6 is 0 Å². The molecular formula is C13H12N2O3. The monoisotopic (exact) mass is 244 g/mol. The quantitative estimate of drug-likeness (QED) is 0.836. The second kappa shape index (κ2) is 5.27. The van der Waals surface area contributed by atoms with Gasteiger partial charge in [0.25, 0.3) is 0 Å². The molecule has 0 atom stereocenters. The molecule has 5 nitrogen and oxygen atoms in total. The smallest absolute Gasteiger partial charge is 0.341 e. The lowest BCUT2D eigenvalue weighted by Gasteiger charge is -2.03. The van der Waals surface area contributed by atoms with Crippen molar-refractivity contribution >= 4 is 5.97 Å².